The summed E-state index contributed by atoms with van der Waals surface area (Å²) in [5, 5.41) is 3.01. The van der Waals surface area contributed by atoms with E-state index in [2.05, 4.69) is 5.32 Å². The zero-order valence-electron chi connectivity index (χ0n) is 11.5. The lowest BCUT2D eigenvalue weighted by Gasteiger charge is -2.22. The maximum absolute atomic E-state index is 12.0. The smallest absolute Gasteiger partial charge is 0.237 e. The van der Waals surface area contributed by atoms with Crippen LogP contribution in [0.3, 0.4) is 0 Å². The Morgan fingerprint density at radius 2 is 1.89 bits per heavy atom. The van der Waals surface area contributed by atoms with Gasteiger partial charge in [-0.25, -0.2) is 0 Å². The zero-order chi connectivity index (χ0) is 13.5. The van der Waals surface area contributed by atoms with Crippen LogP contribution in [-0.2, 0) is 11.2 Å². The fourth-order valence-corrected chi connectivity index (χ4v) is 2.73. The molecule has 1 aromatic carbocycles. The minimum absolute atomic E-state index is 0.0190. The van der Waals surface area contributed by atoms with Crippen LogP contribution in [0, 0.1) is 5.92 Å². The van der Waals surface area contributed by atoms with E-state index in [1.54, 1.807) is 0 Å². The fourth-order valence-electron chi connectivity index (χ4n) is 2.73. The maximum Gasteiger partial charge on any atom is 0.237 e. The maximum atomic E-state index is 12.0. The molecular weight excluding hydrogens is 236 g/mol. The second kappa shape index (κ2) is 7.29. The van der Waals surface area contributed by atoms with Gasteiger partial charge in [-0.2, -0.15) is 0 Å². The summed E-state index contributed by atoms with van der Waals surface area (Å²) in [6.07, 6.45) is 7.05. The van der Waals surface area contributed by atoms with Crippen molar-refractivity contribution in [3.8, 4) is 0 Å². The summed E-state index contributed by atoms with van der Waals surface area (Å²) in [4.78, 5) is 12.0. The first-order valence-corrected chi connectivity index (χ1v) is 7.33. The Morgan fingerprint density at radius 1 is 1.21 bits per heavy atom. The van der Waals surface area contributed by atoms with Gasteiger partial charge in [0.15, 0.2) is 0 Å². The first-order valence-electron chi connectivity index (χ1n) is 7.33. The molecule has 1 saturated carbocycles. The minimum Gasteiger partial charge on any atom is -0.354 e. The Balaban J connectivity index is 1.73. The van der Waals surface area contributed by atoms with Gasteiger partial charge in [0.1, 0.15) is 0 Å². The van der Waals surface area contributed by atoms with Crippen LogP contribution in [-0.4, -0.2) is 18.5 Å². The molecule has 1 aliphatic carbocycles. The molecule has 1 amide bonds. The molecule has 1 aliphatic rings. The molecule has 1 atom stereocenters. The molecule has 0 saturated heterocycles. The van der Waals surface area contributed by atoms with Crippen molar-refractivity contribution in [3.05, 3.63) is 35.9 Å². The van der Waals surface area contributed by atoms with E-state index in [0.717, 1.165) is 12.1 Å². The highest BCUT2D eigenvalue weighted by Gasteiger charge is 2.17. The Bertz CT molecular complexity index is 385. The van der Waals surface area contributed by atoms with Gasteiger partial charge in [0, 0.05) is 6.54 Å². The normalized spacial score (nSPS) is 17.9. The van der Waals surface area contributed by atoms with Gasteiger partial charge in [0.05, 0.1) is 6.04 Å². The van der Waals surface area contributed by atoms with Crippen molar-refractivity contribution in [3.63, 3.8) is 0 Å². The fraction of sp³-hybridized carbons (Fsp3) is 0.562. The first-order chi connectivity index (χ1) is 9.25. The number of benzene rings is 1. The van der Waals surface area contributed by atoms with Crippen LogP contribution >= 0.6 is 0 Å². The van der Waals surface area contributed by atoms with Crippen molar-refractivity contribution in [1.29, 1.82) is 0 Å². The summed E-state index contributed by atoms with van der Waals surface area (Å²) in [5.74, 6) is 0.635. The molecule has 0 spiro atoms. The Labute approximate surface area is 115 Å². The minimum atomic E-state index is -0.439. The summed E-state index contributed by atoms with van der Waals surface area (Å²) in [6, 6.07) is 9.50. The molecule has 1 aromatic rings. The topological polar surface area (TPSA) is 55.1 Å². The largest absolute Gasteiger partial charge is 0.354 e. The van der Waals surface area contributed by atoms with Crippen LogP contribution in [0.4, 0.5) is 0 Å². The van der Waals surface area contributed by atoms with Gasteiger partial charge >= 0.3 is 0 Å². The summed E-state index contributed by atoms with van der Waals surface area (Å²) in [6.45, 7) is 0.793. The molecule has 1 unspecified atom stereocenters. The molecular formula is C16H24N2O. The van der Waals surface area contributed by atoms with E-state index in [0.29, 0.717) is 12.3 Å². The van der Waals surface area contributed by atoms with E-state index >= 15 is 0 Å². The van der Waals surface area contributed by atoms with Crippen LogP contribution in [0.25, 0.3) is 0 Å². The average molecular weight is 260 g/mol. The van der Waals surface area contributed by atoms with Gasteiger partial charge in [-0.3, -0.25) is 4.79 Å². The highest BCUT2D eigenvalue weighted by molar-refractivity contribution is 5.81. The number of nitrogens with one attached hydrogen (secondary N) is 1. The number of carbonyl (C=O) groups is 1. The zero-order valence-corrected chi connectivity index (χ0v) is 11.5. The van der Waals surface area contributed by atoms with E-state index in [9.17, 15) is 4.79 Å². The molecule has 0 aromatic heterocycles. The van der Waals surface area contributed by atoms with E-state index < -0.39 is 6.04 Å². The standard InChI is InChI=1S/C16H24N2O/c17-15(11-13-7-3-1-4-8-13)16(19)18-12-14-9-5-2-6-10-14/h1,3-4,7-8,14-15H,2,5-6,9-12,17H2,(H,18,19). The first kappa shape index (κ1) is 14.1. The van der Waals surface area contributed by atoms with Crippen LogP contribution < -0.4 is 11.1 Å². The summed E-state index contributed by atoms with van der Waals surface area (Å²) in [5.41, 5.74) is 7.07. The molecule has 3 heteroatoms. The summed E-state index contributed by atoms with van der Waals surface area (Å²) in [7, 11) is 0. The third-order valence-electron chi connectivity index (χ3n) is 3.92. The number of hydrogen-bond donors (Lipinski definition) is 2. The quantitative estimate of drug-likeness (QED) is 0.853. The second-order valence-electron chi connectivity index (χ2n) is 5.55. The van der Waals surface area contributed by atoms with E-state index in [1.165, 1.54) is 32.1 Å². The van der Waals surface area contributed by atoms with Gasteiger partial charge in [0.25, 0.3) is 0 Å². The summed E-state index contributed by atoms with van der Waals surface area (Å²) < 4.78 is 0. The van der Waals surface area contributed by atoms with Crippen LogP contribution in [0.1, 0.15) is 37.7 Å². The highest BCUT2D eigenvalue weighted by Crippen LogP contribution is 2.22. The molecule has 3 nitrogen and oxygen atoms in total. The van der Waals surface area contributed by atoms with Crippen molar-refractivity contribution >= 4 is 5.91 Å². The average Bonchev–Trinajstić information content (AvgIpc) is 2.47. The Morgan fingerprint density at radius 3 is 2.58 bits per heavy atom. The number of rotatable bonds is 5. The second-order valence-corrected chi connectivity index (χ2v) is 5.55. The number of nitrogens with two attached hydrogens (primary N) is 1. The van der Waals surface area contributed by atoms with Gasteiger partial charge in [0.2, 0.25) is 5.91 Å². The van der Waals surface area contributed by atoms with Crippen molar-refractivity contribution in [2.24, 2.45) is 11.7 Å². The Hall–Kier alpha value is -1.35. The predicted octanol–water partition coefficient (Wildman–Crippen LogP) is 2.25. The van der Waals surface area contributed by atoms with Crippen LogP contribution in [0.15, 0.2) is 30.3 Å². The highest BCUT2D eigenvalue weighted by atomic mass is 16.2. The molecule has 2 rings (SSSR count). The van der Waals surface area contributed by atoms with Gasteiger partial charge < -0.3 is 11.1 Å². The lowest BCUT2D eigenvalue weighted by Crippen LogP contribution is -2.43. The van der Waals surface area contributed by atoms with Crippen molar-refractivity contribution < 1.29 is 4.79 Å². The third kappa shape index (κ3) is 4.67. The molecule has 19 heavy (non-hydrogen) atoms. The molecule has 0 aliphatic heterocycles. The lowest BCUT2D eigenvalue weighted by molar-refractivity contribution is -0.122. The number of hydrogen-bond acceptors (Lipinski definition) is 2. The molecule has 0 heterocycles. The number of amides is 1. The molecule has 0 radical (unpaired) electrons. The van der Waals surface area contributed by atoms with Crippen molar-refractivity contribution in [2.75, 3.05) is 6.54 Å². The molecule has 3 N–H and O–H groups in total. The SMILES string of the molecule is NC(Cc1ccccc1)C(=O)NCC1CCCCC1. The van der Waals surface area contributed by atoms with Crippen molar-refractivity contribution in [1.82, 2.24) is 5.32 Å². The van der Waals surface area contributed by atoms with Gasteiger partial charge in [-0.15, -0.1) is 0 Å². The predicted molar refractivity (Wildman–Crippen MR) is 77.7 cm³/mol. The summed E-state index contributed by atoms with van der Waals surface area (Å²) >= 11 is 0. The number of carbonyl (C=O) groups excluding carboxylic acids is 1. The van der Waals surface area contributed by atoms with E-state index in [4.69, 9.17) is 5.73 Å². The Kier molecular flexibility index (Phi) is 5.40. The van der Waals surface area contributed by atoms with E-state index in [-0.39, 0.29) is 5.91 Å². The lowest BCUT2D eigenvalue weighted by atomic mass is 9.89. The molecule has 1 fully saturated rings. The van der Waals surface area contributed by atoms with Crippen LogP contribution in [0.5, 0.6) is 0 Å². The van der Waals surface area contributed by atoms with Gasteiger partial charge in [-0.1, -0.05) is 49.6 Å². The van der Waals surface area contributed by atoms with Crippen LogP contribution in [0.2, 0.25) is 0 Å². The monoisotopic (exact) mass is 260 g/mol. The molecule has 0 bridgehead atoms. The third-order valence-corrected chi connectivity index (χ3v) is 3.92. The molecule has 104 valence electrons. The van der Waals surface area contributed by atoms with Gasteiger partial charge in [-0.05, 0) is 30.7 Å². The van der Waals surface area contributed by atoms with Crippen molar-refractivity contribution in [2.45, 2.75) is 44.6 Å². The van der Waals surface area contributed by atoms with E-state index in [1.807, 2.05) is 30.3 Å².